The van der Waals surface area contributed by atoms with E-state index in [1.807, 2.05) is 17.9 Å². The minimum absolute atomic E-state index is 0.00366. The average molecular weight is 265 g/mol. The summed E-state index contributed by atoms with van der Waals surface area (Å²) in [6.07, 6.45) is 1.61. The van der Waals surface area contributed by atoms with Gasteiger partial charge in [-0.05, 0) is 19.4 Å². The van der Waals surface area contributed by atoms with Crippen LogP contribution in [0.5, 0.6) is 0 Å². The standard InChI is InChI=1S/C13H19N3O3/c1-2-16(13(18)19)11-5-7-15(8-11)12-10(9-17)4-3-6-14-12/h3-4,6,11,17H,2,5,7-9H2,1H3,(H,18,19)/t11-/m1/s1. The molecule has 1 aromatic rings. The Kier molecular flexibility index (Phi) is 4.21. The van der Waals surface area contributed by atoms with Crippen LogP contribution in [-0.2, 0) is 6.61 Å². The highest BCUT2D eigenvalue weighted by Gasteiger charge is 2.30. The molecule has 0 radical (unpaired) electrons. The predicted molar refractivity (Wildman–Crippen MR) is 71.2 cm³/mol. The zero-order valence-corrected chi connectivity index (χ0v) is 11.0. The highest BCUT2D eigenvalue weighted by atomic mass is 16.4. The van der Waals surface area contributed by atoms with Crippen molar-refractivity contribution in [1.82, 2.24) is 9.88 Å². The predicted octanol–water partition coefficient (Wildman–Crippen LogP) is 1.15. The molecule has 2 rings (SSSR count). The van der Waals surface area contributed by atoms with E-state index in [4.69, 9.17) is 5.11 Å². The molecular formula is C13H19N3O3. The molecule has 1 fully saturated rings. The van der Waals surface area contributed by atoms with Gasteiger partial charge in [-0.3, -0.25) is 0 Å². The first-order valence-electron chi connectivity index (χ1n) is 6.46. The van der Waals surface area contributed by atoms with Crippen LogP contribution >= 0.6 is 0 Å². The van der Waals surface area contributed by atoms with Crippen LogP contribution in [0.15, 0.2) is 18.3 Å². The van der Waals surface area contributed by atoms with E-state index >= 15 is 0 Å². The lowest BCUT2D eigenvalue weighted by atomic mass is 10.2. The Morgan fingerprint density at radius 2 is 2.42 bits per heavy atom. The van der Waals surface area contributed by atoms with E-state index in [1.54, 1.807) is 12.3 Å². The minimum atomic E-state index is -0.877. The first kappa shape index (κ1) is 13.6. The van der Waals surface area contributed by atoms with E-state index < -0.39 is 6.09 Å². The number of aromatic nitrogens is 1. The number of pyridine rings is 1. The van der Waals surface area contributed by atoms with Crippen molar-refractivity contribution in [3.8, 4) is 0 Å². The number of rotatable bonds is 4. The van der Waals surface area contributed by atoms with E-state index in [2.05, 4.69) is 4.98 Å². The van der Waals surface area contributed by atoms with E-state index in [9.17, 15) is 9.90 Å². The van der Waals surface area contributed by atoms with Gasteiger partial charge in [-0.25, -0.2) is 9.78 Å². The average Bonchev–Trinajstić information content (AvgIpc) is 2.88. The topological polar surface area (TPSA) is 76.9 Å². The summed E-state index contributed by atoms with van der Waals surface area (Å²) in [7, 11) is 0. The lowest BCUT2D eigenvalue weighted by Crippen LogP contribution is -2.41. The first-order valence-corrected chi connectivity index (χ1v) is 6.46. The fraction of sp³-hybridized carbons (Fsp3) is 0.538. The van der Waals surface area contributed by atoms with Crippen molar-refractivity contribution in [3.63, 3.8) is 0 Å². The Hall–Kier alpha value is -1.82. The molecule has 6 heteroatoms. The van der Waals surface area contributed by atoms with Crippen molar-refractivity contribution in [2.45, 2.75) is 26.0 Å². The van der Waals surface area contributed by atoms with Crippen molar-refractivity contribution < 1.29 is 15.0 Å². The van der Waals surface area contributed by atoms with Gasteiger partial charge in [0.05, 0.1) is 12.6 Å². The number of hydrogen-bond acceptors (Lipinski definition) is 4. The van der Waals surface area contributed by atoms with Gasteiger partial charge in [0.15, 0.2) is 0 Å². The first-order chi connectivity index (χ1) is 9.17. The van der Waals surface area contributed by atoms with Crippen LogP contribution < -0.4 is 4.90 Å². The van der Waals surface area contributed by atoms with Gasteiger partial charge in [0, 0.05) is 31.4 Å². The Morgan fingerprint density at radius 3 is 3.05 bits per heavy atom. The molecule has 1 atom stereocenters. The second-order valence-electron chi connectivity index (χ2n) is 4.60. The van der Waals surface area contributed by atoms with E-state index in [0.717, 1.165) is 24.3 Å². The molecule has 1 amide bonds. The quantitative estimate of drug-likeness (QED) is 0.854. The molecule has 1 aliphatic rings. The van der Waals surface area contributed by atoms with E-state index in [1.165, 1.54) is 4.90 Å². The normalized spacial score (nSPS) is 18.6. The lowest BCUT2D eigenvalue weighted by molar-refractivity contribution is 0.131. The number of aliphatic hydroxyl groups excluding tert-OH is 1. The summed E-state index contributed by atoms with van der Waals surface area (Å²) < 4.78 is 0. The summed E-state index contributed by atoms with van der Waals surface area (Å²) in [5, 5.41) is 18.5. The number of carbonyl (C=O) groups is 1. The molecule has 0 aromatic carbocycles. The molecule has 0 bridgehead atoms. The van der Waals surface area contributed by atoms with Gasteiger partial charge in [0.25, 0.3) is 0 Å². The van der Waals surface area contributed by atoms with Crippen molar-refractivity contribution in [1.29, 1.82) is 0 Å². The minimum Gasteiger partial charge on any atom is -0.465 e. The van der Waals surface area contributed by atoms with Gasteiger partial charge in [-0.2, -0.15) is 0 Å². The van der Waals surface area contributed by atoms with Crippen LogP contribution in [0.2, 0.25) is 0 Å². The summed E-state index contributed by atoms with van der Waals surface area (Å²) in [4.78, 5) is 18.9. The number of aliphatic hydroxyl groups is 1. The van der Waals surface area contributed by atoms with Crippen molar-refractivity contribution in [2.75, 3.05) is 24.5 Å². The van der Waals surface area contributed by atoms with Crippen LogP contribution in [0.25, 0.3) is 0 Å². The fourth-order valence-electron chi connectivity index (χ4n) is 2.58. The maximum atomic E-state index is 11.1. The van der Waals surface area contributed by atoms with Crippen LogP contribution in [0, 0.1) is 0 Å². The smallest absolute Gasteiger partial charge is 0.407 e. The largest absolute Gasteiger partial charge is 0.465 e. The summed E-state index contributed by atoms with van der Waals surface area (Å²) in [5.74, 6) is 0.758. The molecule has 0 saturated carbocycles. The van der Waals surface area contributed by atoms with Crippen LogP contribution in [-0.4, -0.2) is 51.9 Å². The number of nitrogens with zero attached hydrogens (tertiary/aromatic N) is 3. The number of carboxylic acid groups (broad SMARTS) is 1. The van der Waals surface area contributed by atoms with Gasteiger partial charge >= 0.3 is 6.09 Å². The summed E-state index contributed by atoms with van der Waals surface area (Å²) in [5.41, 5.74) is 0.779. The van der Waals surface area contributed by atoms with E-state index in [0.29, 0.717) is 13.1 Å². The molecule has 104 valence electrons. The number of hydrogen-bond donors (Lipinski definition) is 2. The third-order valence-corrected chi connectivity index (χ3v) is 3.53. The zero-order chi connectivity index (χ0) is 13.8. The van der Waals surface area contributed by atoms with Gasteiger partial charge < -0.3 is 20.0 Å². The molecule has 0 aliphatic carbocycles. The highest BCUT2D eigenvalue weighted by molar-refractivity contribution is 5.65. The molecule has 2 N–H and O–H groups in total. The molecule has 0 spiro atoms. The summed E-state index contributed by atoms with van der Waals surface area (Å²) in [6.45, 7) is 3.67. The Labute approximate surface area is 112 Å². The van der Waals surface area contributed by atoms with Crippen molar-refractivity contribution >= 4 is 11.9 Å². The maximum absolute atomic E-state index is 11.1. The molecule has 1 aromatic heterocycles. The van der Waals surface area contributed by atoms with Gasteiger partial charge in [-0.1, -0.05) is 6.07 Å². The van der Waals surface area contributed by atoms with Crippen molar-refractivity contribution in [3.05, 3.63) is 23.9 Å². The van der Waals surface area contributed by atoms with Crippen molar-refractivity contribution in [2.24, 2.45) is 0 Å². The summed E-state index contributed by atoms with van der Waals surface area (Å²) in [6, 6.07) is 3.62. The summed E-state index contributed by atoms with van der Waals surface area (Å²) >= 11 is 0. The molecule has 2 heterocycles. The third-order valence-electron chi connectivity index (χ3n) is 3.53. The lowest BCUT2D eigenvalue weighted by Gasteiger charge is -2.25. The Balaban J connectivity index is 2.11. The Bertz CT molecular complexity index is 453. The molecule has 6 nitrogen and oxygen atoms in total. The molecule has 1 saturated heterocycles. The number of amides is 1. The molecule has 19 heavy (non-hydrogen) atoms. The number of likely N-dealkylation sites (N-methyl/N-ethyl adjacent to an activating group) is 1. The third kappa shape index (κ3) is 2.78. The number of anilines is 1. The molecule has 0 unspecified atom stereocenters. The Morgan fingerprint density at radius 1 is 1.63 bits per heavy atom. The van der Waals surface area contributed by atoms with Crippen LogP contribution in [0.4, 0.5) is 10.6 Å². The second kappa shape index (κ2) is 5.88. The maximum Gasteiger partial charge on any atom is 0.407 e. The molecular weight excluding hydrogens is 246 g/mol. The van der Waals surface area contributed by atoms with Gasteiger partial charge in [0.2, 0.25) is 0 Å². The fourth-order valence-corrected chi connectivity index (χ4v) is 2.58. The van der Waals surface area contributed by atoms with Gasteiger partial charge in [-0.15, -0.1) is 0 Å². The SMILES string of the molecule is CCN(C(=O)O)[C@@H]1CCN(c2ncccc2CO)C1. The zero-order valence-electron chi connectivity index (χ0n) is 11.0. The van der Waals surface area contributed by atoms with Crippen LogP contribution in [0.3, 0.4) is 0 Å². The van der Waals surface area contributed by atoms with Crippen LogP contribution in [0.1, 0.15) is 18.9 Å². The van der Waals surface area contributed by atoms with E-state index in [-0.39, 0.29) is 12.6 Å². The highest BCUT2D eigenvalue weighted by Crippen LogP contribution is 2.24. The monoisotopic (exact) mass is 265 g/mol. The van der Waals surface area contributed by atoms with Gasteiger partial charge in [0.1, 0.15) is 5.82 Å². The molecule has 1 aliphatic heterocycles. The second-order valence-corrected chi connectivity index (χ2v) is 4.60.